The molecule has 0 radical (unpaired) electrons. The number of carbonyl (C=O) groups excluding carboxylic acids is 3. The molecule has 2 bridgehead atoms. The predicted octanol–water partition coefficient (Wildman–Crippen LogP) is 8.88. The van der Waals surface area contributed by atoms with Crippen molar-refractivity contribution in [1.82, 2.24) is 19.9 Å². The van der Waals surface area contributed by atoms with Crippen molar-refractivity contribution < 1.29 is 41.9 Å². The van der Waals surface area contributed by atoms with E-state index in [0.29, 0.717) is 29.4 Å². The number of fused-ring (bicyclic) bond motifs is 2. The molecule has 2 aliphatic heterocycles. The van der Waals surface area contributed by atoms with E-state index < -0.39 is 40.4 Å². The Labute approximate surface area is 351 Å². The lowest BCUT2D eigenvalue weighted by Gasteiger charge is -2.51. The van der Waals surface area contributed by atoms with Crippen molar-refractivity contribution in [2.24, 2.45) is 0 Å². The minimum atomic E-state index is -0.795. The summed E-state index contributed by atoms with van der Waals surface area (Å²) in [5.74, 6) is -1.20. The van der Waals surface area contributed by atoms with Crippen LogP contribution in [-0.4, -0.2) is 88.3 Å². The Kier molecular flexibility index (Phi) is 12.4. The van der Waals surface area contributed by atoms with E-state index >= 15 is 4.79 Å². The highest BCUT2D eigenvalue weighted by Crippen LogP contribution is 2.42. The second-order valence-electron chi connectivity index (χ2n) is 16.1. The Morgan fingerprint density at radius 3 is 2.39 bits per heavy atom. The third kappa shape index (κ3) is 9.42. The summed E-state index contributed by atoms with van der Waals surface area (Å²) in [6.45, 7) is 7.99. The van der Waals surface area contributed by atoms with Gasteiger partial charge in [-0.25, -0.2) is 13.6 Å². The highest BCUT2D eigenvalue weighted by atomic mass is 35.5. The van der Waals surface area contributed by atoms with Crippen molar-refractivity contribution in [3.63, 3.8) is 0 Å². The first kappa shape index (κ1) is 42.2. The third-order valence-electron chi connectivity index (χ3n) is 10.7. The average molecular weight is 852 g/mol. The molecule has 3 heterocycles. The molecule has 2 atom stereocenters. The quantitative estimate of drug-likeness (QED) is 0.130. The number of halogens is 4. The summed E-state index contributed by atoms with van der Waals surface area (Å²) in [5, 5.41) is 4.00. The zero-order chi connectivity index (χ0) is 42.2. The number of rotatable bonds is 12. The molecule has 1 saturated heterocycles. The fourth-order valence-corrected chi connectivity index (χ4v) is 8.11. The van der Waals surface area contributed by atoms with Crippen LogP contribution in [0.5, 0.6) is 5.75 Å². The first-order valence-corrected chi connectivity index (χ1v) is 20.3. The number of hydrogen-bond donors (Lipinski definition) is 0. The largest absolute Gasteiger partial charge is 0.486 e. The molecule has 0 N–H and O–H groups in total. The second kappa shape index (κ2) is 17.3. The normalized spacial score (nSPS) is 17.9. The van der Waals surface area contributed by atoms with E-state index in [2.05, 4.69) is 5.16 Å². The van der Waals surface area contributed by atoms with Gasteiger partial charge in [-0.1, -0.05) is 52.6 Å². The molecule has 15 heteroatoms. The smallest absolute Gasteiger partial charge is 0.411 e. The first-order chi connectivity index (χ1) is 28.1. The predicted molar refractivity (Wildman–Crippen MR) is 218 cm³/mol. The van der Waals surface area contributed by atoms with E-state index in [9.17, 15) is 18.4 Å². The summed E-state index contributed by atoms with van der Waals surface area (Å²) in [4.78, 5) is 47.4. The average Bonchev–Trinajstić information content (AvgIpc) is 3.93. The van der Waals surface area contributed by atoms with E-state index in [1.807, 2.05) is 35.2 Å². The topological polar surface area (TPSA) is 115 Å². The van der Waals surface area contributed by atoms with Crippen LogP contribution in [0.4, 0.5) is 13.6 Å². The number of amides is 3. The maximum absolute atomic E-state index is 15.3. The Morgan fingerprint density at radius 1 is 0.983 bits per heavy atom. The number of piperazine rings is 1. The Bertz CT molecular complexity index is 2270. The number of nitrogens with zero attached hydrogens (tertiary/aromatic N) is 4. The van der Waals surface area contributed by atoms with Crippen LogP contribution in [0.25, 0.3) is 16.8 Å². The summed E-state index contributed by atoms with van der Waals surface area (Å²) in [6, 6.07) is 15.1. The van der Waals surface area contributed by atoms with Crippen LogP contribution in [0.1, 0.15) is 69.4 Å². The molecular weight excluding hydrogens is 805 g/mol. The molecule has 0 spiro atoms. The molecule has 11 nitrogen and oxygen atoms in total. The maximum Gasteiger partial charge on any atom is 0.411 e. The lowest BCUT2D eigenvalue weighted by Crippen LogP contribution is -2.65. The first-order valence-electron chi connectivity index (χ1n) is 19.5. The monoisotopic (exact) mass is 850 g/mol. The van der Waals surface area contributed by atoms with E-state index in [4.69, 9.17) is 41.9 Å². The summed E-state index contributed by atoms with van der Waals surface area (Å²) in [6.07, 6.45) is 2.06. The van der Waals surface area contributed by atoms with Crippen molar-refractivity contribution in [1.29, 1.82) is 0 Å². The number of hydrogen-bond acceptors (Lipinski definition) is 8. The van der Waals surface area contributed by atoms with Crippen LogP contribution < -0.4 is 4.74 Å². The lowest BCUT2D eigenvalue weighted by molar-refractivity contribution is -0.135. The van der Waals surface area contributed by atoms with Gasteiger partial charge in [-0.2, -0.15) is 0 Å². The highest BCUT2D eigenvalue weighted by molar-refractivity contribution is 6.33. The number of aromatic nitrogens is 1. The Balaban J connectivity index is 1.23. The summed E-state index contributed by atoms with van der Waals surface area (Å²) in [7, 11) is 1.65. The zero-order valence-electron chi connectivity index (χ0n) is 33.5. The maximum atomic E-state index is 15.3. The van der Waals surface area contributed by atoms with Crippen LogP contribution in [0.2, 0.25) is 10.0 Å². The van der Waals surface area contributed by atoms with Crippen molar-refractivity contribution in [3.8, 4) is 17.0 Å². The van der Waals surface area contributed by atoms with Crippen LogP contribution in [0, 0.1) is 11.6 Å². The minimum absolute atomic E-state index is 0.0259. The summed E-state index contributed by atoms with van der Waals surface area (Å²) >= 11 is 12.8. The minimum Gasteiger partial charge on any atom is -0.486 e. The fraction of sp³-hybridized carbons (Fsp3) is 0.409. The van der Waals surface area contributed by atoms with Crippen molar-refractivity contribution >= 4 is 46.7 Å². The standard InChI is InChI=1S/C44H46Cl2F2N4O7/c1-25(53)50-22-30-19-33(27-7-11-31(12-8-27)57-24-32-20-37(49-59-32)40-35(47)14-15-36(48)41(40)46)39(38(23-50)52(30)43(55)58-44(2,3)4)42(54)51(29-9-10-29)21-28-18-26(16-17-56-5)6-13-34(28)45/h6-8,11-15,18,20,29-30,38H,9-10,16-17,19,21-24H2,1-5H3. The van der Waals surface area contributed by atoms with Gasteiger partial charge in [0.25, 0.3) is 5.91 Å². The summed E-state index contributed by atoms with van der Waals surface area (Å²) in [5.41, 5.74) is 2.79. The lowest BCUT2D eigenvalue weighted by atomic mass is 9.81. The Hall–Kier alpha value is -4.98. The van der Waals surface area contributed by atoms with Gasteiger partial charge < -0.3 is 28.5 Å². The van der Waals surface area contributed by atoms with Gasteiger partial charge in [0.2, 0.25) is 5.91 Å². The number of ether oxygens (including phenoxy) is 3. The second-order valence-corrected chi connectivity index (χ2v) is 16.9. The van der Waals surface area contributed by atoms with E-state index in [1.165, 1.54) is 13.0 Å². The van der Waals surface area contributed by atoms with Crippen molar-refractivity contribution in [2.45, 2.75) is 90.3 Å². The van der Waals surface area contributed by atoms with Crippen LogP contribution in [0.3, 0.4) is 0 Å². The van der Waals surface area contributed by atoms with E-state index in [-0.39, 0.29) is 67.5 Å². The highest BCUT2D eigenvalue weighted by Gasteiger charge is 2.50. The third-order valence-corrected chi connectivity index (χ3v) is 11.4. The Morgan fingerprint density at radius 2 is 1.71 bits per heavy atom. The van der Waals surface area contributed by atoms with Gasteiger partial charge in [0.15, 0.2) is 5.76 Å². The molecule has 3 amide bonds. The molecule has 59 heavy (non-hydrogen) atoms. The van der Waals surface area contributed by atoms with Gasteiger partial charge in [-0.15, -0.1) is 0 Å². The fourth-order valence-electron chi connectivity index (χ4n) is 7.68. The molecule has 1 saturated carbocycles. The summed E-state index contributed by atoms with van der Waals surface area (Å²) < 4.78 is 51.1. The molecule has 4 aromatic rings. The van der Waals surface area contributed by atoms with Gasteiger partial charge >= 0.3 is 6.09 Å². The molecule has 7 rings (SSSR count). The molecule has 1 aromatic heterocycles. The van der Waals surface area contributed by atoms with Crippen LogP contribution in [0.15, 0.2) is 70.8 Å². The van der Waals surface area contributed by atoms with E-state index in [0.717, 1.165) is 47.2 Å². The molecule has 2 fully saturated rings. The number of carbonyl (C=O) groups is 3. The molecule has 312 valence electrons. The van der Waals surface area contributed by atoms with Gasteiger partial charge in [-0.05, 0) is 99.0 Å². The number of methoxy groups -OCH3 is 1. The molecule has 2 unspecified atom stereocenters. The van der Waals surface area contributed by atoms with Gasteiger partial charge in [-0.3, -0.25) is 14.5 Å². The van der Waals surface area contributed by atoms with Gasteiger partial charge in [0.1, 0.15) is 35.3 Å². The molecular formula is C44H46Cl2F2N4O7. The van der Waals surface area contributed by atoms with Gasteiger partial charge in [0, 0.05) is 56.4 Å². The van der Waals surface area contributed by atoms with Crippen LogP contribution >= 0.6 is 23.2 Å². The molecule has 3 aromatic carbocycles. The molecule has 3 aliphatic rings. The van der Waals surface area contributed by atoms with Crippen molar-refractivity contribution in [2.75, 3.05) is 26.8 Å². The van der Waals surface area contributed by atoms with Crippen molar-refractivity contribution in [3.05, 3.63) is 110 Å². The SMILES string of the molecule is COCCc1ccc(Cl)c(CN(C(=O)C2=C(c3ccc(OCc4cc(-c5c(F)ccc(F)c5Cl)no4)cc3)CC3CN(C(C)=O)CC2N3C(=O)OC(C)(C)C)C2CC2)c1. The van der Waals surface area contributed by atoms with E-state index in [1.54, 1.807) is 49.8 Å². The van der Waals surface area contributed by atoms with Crippen LogP contribution in [-0.2, 0) is 38.6 Å². The molecule has 1 aliphatic carbocycles. The van der Waals surface area contributed by atoms with Gasteiger partial charge in [0.05, 0.1) is 29.3 Å². The number of benzene rings is 3. The zero-order valence-corrected chi connectivity index (χ0v) is 35.0.